The van der Waals surface area contributed by atoms with Gasteiger partial charge in [-0.15, -0.1) is 0 Å². The molecular weight excluding hydrogens is 312 g/mol. The summed E-state index contributed by atoms with van der Waals surface area (Å²) >= 11 is 0. The standard InChI is InChI=1S/C22H18O3/c1-2-16-14-9-15-19(20(23)17-10-5-3-6-11-17)21(16)25-22(24)18-12-7-4-8-13-18/h3-15H,2H2,1H3. The number of hydrogen-bond acceptors (Lipinski definition) is 3. The first-order valence-electron chi connectivity index (χ1n) is 8.19. The number of benzene rings is 3. The fourth-order valence-electron chi connectivity index (χ4n) is 2.63. The summed E-state index contributed by atoms with van der Waals surface area (Å²) in [7, 11) is 0. The summed E-state index contributed by atoms with van der Waals surface area (Å²) in [4.78, 5) is 25.3. The number of carbonyl (C=O) groups excluding carboxylic acids is 2. The molecule has 25 heavy (non-hydrogen) atoms. The maximum Gasteiger partial charge on any atom is 0.343 e. The van der Waals surface area contributed by atoms with Crippen LogP contribution in [0.4, 0.5) is 0 Å². The molecule has 0 saturated heterocycles. The lowest BCUT2D eigenvalue weighted by atomic mass is 9.99. The number of para-hydroxylation sites is 1. The van der Waals surface area contributed by atoms with E-state index >= 15 is 0 Å². The van der Waals surface area contributed by atoms with Crippen LogP contribution in [0.25, 0.3) is 0 Å². The molecule has 0 amide bonds. The van der Waals surface area contributed by atoms with E-state index in [1.165, 1.54) is 0 Å². The lowest BCUT2D eigenvalue weighted by molar-refractivity contribution is 0.0731. The Morgan fingerprint density at radius 3 is 1.96 bits per heavy atom. The van der Waals surface area contributed by atoms with Crippen molar-refractivity contribution < 1.29 is 14.3 Å². The van der Waals surface area contributed by atoms with Gasteiger partial charge in [-0.05, 0) is 30.2 Å². The van der Waals surface area contributed by atoms with Crippen LogP contribution in [-0.4, -0.2) is 11.8 Å². The molecule has 0 spiro atoms. The third kappa shape index (κ3) is 3.66. The van der Waals surface area contributed by atoms with E-state index in [0.29, 0.717) is 28.9 Å². The summed E-state index contributed by atoms with van der Waals surface area (Å²) in [5.74, 6) is -0.289. The smallest absolute Gasteiger partial charge is 0.343 e. The van der Waals surface area contributed by atoms with Gasteiger partial charge in [0.25, 0.3) is 0 Å². The van der Waals surface area contributed by atoms with Crippen LogP contribution >= 0.6 is 0 Å². The number of ketones is 1. The van der Waals surface area contributed by atoms with E-state index in [0.717, 1.165) is 5.56 Å². The van der Waals surface area contributed by atoms with E-state index in [1.807, 2.05) is 43.3 Å². The summed E-state index contributed by atoms with van der Waals surface area (Å²) in [6.07, 6.45) is 0.660. The summed E-state index contributed by atoms with van der Waals surface area (Å²) in [6.45, 7) is 1.96. The van der Waals surface area contributed by atoms with E-state index in [-0.39, 0.29) is 5.78 Å². The third-order valence-electron chi connectivity index (χ3n) is 3.96. The van der Waals surface area contributed by atoms with E-state index < -0.39 is 5.97 Å². The highest BCUT2D eigenvalue weighted by Crippen LogP contribution is 2.28. The molecule has 0 fully saturated rings. The molecule has 0 atom stereocenters. The van der Waals surface area contributed by atoms with Gasteiger partial charge in [-0.3, -0.25) is 4.79 Å². The summed E-state index contributed by atoms with van der Waals surface area (Å²) < 4.78 is 5.64. The largest absolute Gasteiger partial charge is 0.422 e. The van der Waals surface area contributed by atoms with E-state index in [9.17, 15) is 9.59 Å². The van der Waals surface area contributed by atoms with Crippen molar-refractivity contribution in [2.24, 2.45) is 0 Å². The Bertz CT molecular complexity index is 884. The molecule has 3 heteroatoms. The number of carbonyl (C=O) groups is 2. The molecular formula is C22H18O3. The topological polar surface area (TPSA) is 43.4 Å². The number of rotatable bonds is 5. The minimum absolute atomic E-state index is 0.160. The van der Waals surface area contributed by atoms with Crippen molar-refractivity contribution in [3.05, 3.63) is 101 Å². The molecule has 0 aromatic heterocycles. The molecule has 0 aliphatic rings. The second kappa shape index (κ2) is 7.58. The molecule has 0 heterocycles. The van der Waals surface area contributed by atoms with Gasteiger partial charge in [-0.25, -0.2) is 4.79 Å². The summed E-state index contributed by atoms with van der Waals surface area (Å²) in [5, 5.41) is 0. The Balaban J connectivity index is 2.00. The minimum atomic E-state index is -0.469. The first kappa shape index (κ1) is 16.7. The lowest BCUT2D eigenvalue weighted by Crippen LogP contribution is -2.13. The average Bonchev–Trinajstić information content (AvgIpc) is 2.69. The van der Waals surface area contributed by atoms with Crippen molar-refractivity contribution in [1.29, 1.82) is 0 Å². The van der Waals surface area contributed by atoms with Crippen LogP contribution in [0.1, 0.15) is 38.8 Å². The molecule has 0 aliphatic carbocycles. The third-order valence-corrected chi connectivity index (χ3v) is 3.96. The van der Waals surface area contributed by atoms with Crippen LogP contribution < -0.4 is 4.74 Å². The van der Waals surface area contributed by atoms with Gasteiger partial charge in [-0.2, -0.15) is 0 Å². The maximum absolute atomic E-state index is 12.9. The first-order valence-corrected chi connectivity index (χ1v) is 8.19. The Hall–Kier alpha value is -3.20. The van der Waals surface area contributed by atoms with Gasteiger partial charge in [0, 0.05) is 5.56 Å². The van der Waals surface area contributed by atoms with Crippen LogP contribution in [0.2, 0.25) is 0 Å². The second-order valence-electron chi connectivity index (χ2n) is 5.60. The molecule has 0 saturated carbocycles. The van der Waals surface area contributed by atoms with Crippen LogP contribution in [0.3, 0.4) is 0 Å². The molecule has 0 radical (unpaired) electrons. The highest BCUT2D eigenvalue weighted by atomic mass is 16.5. The Morgan fingerprint density at radius 2 is 1.36 bits per heavy atom. The Labute approximate surface area is 146 Å². The van der Waals surface area contributed by atoms with Gasteiger partial charge in [-0.1, -0.05) is 67.6 Å². The van der Waals surface area contributed by atoms with Crippen LogP contribution in [0.5, 0.6) is 5.75 Å². The quantitative estimate of drug-likeness (QED) is 0.387. The number of esters is 1. The number of hydrogen-bond donors (Lipinski definition) is 0. The van der Waals surface area contributed by atoms with Gasteiger partial charge in [0.2, 0.25) is 0 Å². The highest BCUT2D eigenvalue weighted by Gasteiger charge is 2.20. The van der Waals surface area contributed by atoms with Crippen molar-refractivity contribution in [2.75, 3.05) is 0 Å². The molecule has 3 aromatic rings. The van der Waals surface area contributed by atoms with E-state index in [1.54, 1.807) is 42.5 Å². The van der Waals surface area contributed by atoms with Gasteiger partial charge in [0.15, 0.2) is 5.78 Å². The predicted octanol–water partition coefficient (Wildman–Crippen LogP) is 4.70. The molecule has 0 bridgehead atoms. The fourth-order valence-corrected chi connectivity index (χ4v) is 2.63. The van der Waals surface area contributed by atoms with Crippen molar-refractivity contribution in [3.63, 3.8) is 0 Å². The maximum atomic E-state index is 12.9. The van der Waals surface area contributed by atoms with E-state index in [4.69, 9.17) is 4.74 Å². The second-order valence-corrected chi connectivity index (χ2v) is 5.60. The van der Waals surface area contributed by atoms with E-state index in [2.05, 4.69) is 0 Å². The number of aryl methyl sites for hydroxylation is 1. The zero-order valence-electron chi connectivity index (χ0n) is 13.9. The molecule has 3 nitrogen and oxygen atoms in total. The van der Waals surface area contributed by atoms with Gasteiger partial charge >= 0.3 is 5.97 Å². The van der Waals surface area contributed by atoms with Crippen molar-refractivity contribution >= 4 is 11.8 Å². The van der Waals surface area contributed by atoms with Gasteiger partial charge < -0.3 is 4.74 Å². The molecule has 3 rings (SSSR count). The van der Waals surface area contributed by atoms with Gasteiger partial charge in [0.05, 0.1) is 11.1 Å². The zero-order valence-corrected chi connectivity index (χ0v) is 13.9. The average molecular weight is 330 g/mol. The zero-order chi connectivity index (χ0) is 17.6. The fraction of sp³-hybridized carbons (Fsp3) is 0.0909. The molecule has 0 N–H and O–H groups in total. The summed E-state index contributed by atoms with van der Waals surface area (Å²) in [6, 6.07) is 23.1. The Morgan fingerprint density at radius 1 is 0.760 bits per heavy atom. The molecule has 0 aliphatic heterocycles. The SMILES string of the molecule is CCc1cccc(C(=O)c2ccccc2)c1OC(=O)c1ccccc1. The molecule has 0 unspecified atom stereocenters. The highest BCUT2D eigenvalue weighted by molar-refractivity contribution is 6.11. The van der Waals surface area contributed by atoms with Crippen molar-refractivity contribution in [3.8, 4) is 5.75 Å². The number of ether oxygens (including phenoxy) is 1. The lowest BCUT2D eigenvalue weighted by Gasteiger charge is -2.13. The normalized spacial score (nSPS) is 10.3. The monoisotopic (exact) mass is 330 g/mol. The predicted molar refractivity (Wildman–Crippen MR) is 97.1 cm³/mol. The van der Waals surface area contributed by atoms with Crippen LogP contribution in [0.15, 0.2) is 78.9 Å². The molecule has 124 valence electrons. The minimum Gasteiger partial charge on any atom is -0.422 e. The molecule has 3 aromatic carbocycles. The van der Waals surface area contributed by atoms with Crippen molar-refractivity contribution in [1.82, 2.24) is 0 Å². The first-order chi connectivity index (χ1) is 12.2. The van der Waals surface area contributed by atoms with Crippen molar-refractivity contribution in [2.45, 2.75) is 13.3 Å². The van der Waals surface area contributed by atoms with Crippen LogP contribution in [0, 0.1) is 0 Å². The van der Waals surface area contributed by atoms with Crippen LogP contribution in [-0.2, 0) is 6.42 Å². The summed E-state index contributed by atoms with van der Waals surface area (Å²) in [5.41, 5.74) is 2.24. The Kier molecular flexibility index (Phi) is 5.05. The van der Waals surface area contributed by atoms with Gasteiger partial charge in [0.1, 0.15) is 5.75 Å².